The van der Waals surface area contributed by atoms with E-state index < -0.39 is 5.97 Å². The first-order valence-corrected chi connectivity index (χ1v) is 10.7. The highest BCUT2D eigenvalue weighted by molar-refractivity contribution is 7.09. The normalized spacial score (nSPS) is 24.0. The summed E-state index contributed by atoms with van der Waals surface area (Å²) in [5.41, 5.74) is 1.13. The molecule has 1 saturated carbocycles. The SMILES string of the molecule is CCN(CC(=O)O)C1CC(NC(=O)C2CCN(Cc3csc(C)n3)CC2)C1. The summed E-state index contributed by atoms with van der Waals surface area (Å²) in [6.07, 6.45) is 3.50. The largest absolute Gasteiger partial charge is 0.480 e. The average Bonchev–Trinajstić information content (AvgIpc) is 3.01. The van der Waals surface area contributed by atoms with Crippen molar-refractivity contribution >= 4 is 23.2 Å². The molecule has 1 aliphatic carbocycles. The molecule has 1 aromatic rings. The highest BCUT2D eigenvalue weighted by Crippen LogP contribution is 2.27. The number of hydrogen-bond donors (Lipinski definition) is 2. The predicted octanol–water partition coefficient (Wildman–Crippen LogP) is 1.72. The van der Waals surface area contributed by atoms with Gasteiger partial charge in [-0.1, -0.05) is 6.92 Å². The zero-order valence-electron chi connectivity index (χ0n) is 16.2. The van der Waals surface area contributed by atoms with Crippen LogP contribution in [0, 0.1) is 12.8 Å². The maximum absolute atomic E-state index is 12.5. The lowest BCUT2D eigenvalue weighted by atomic mass is 9.84. The van der Waals surface area contributed by atoms with Crippen molar-refractivity contribution in [1.29, 1.82) is 0 Å². The second-order valence-electron chi connectivity index (χ2n) is 7.70. The molecule has 27 heavy (non-hydrogen) atoms. The highest BCUT2D eigenvalue weighted by Gasteiger charge is 2.36. The van der Waals surface area contributed by atoms with Gasteiger partial charge < -0.3 is 10.4 Å². The molecule has 0 radical (unpaired) electrons. The van der Waals surface area contributed by atoms with Gasteiger partial charge in [-0.15, -0.1) is 11.3 Å². The van der Waals surface area contributed by atoms with E-state index >= 15 is 0 Å². The summed E-state index contributed by atoms with van der Waals surface area (Å²) in [4.78, 5) is 32.3. The van der Waals surface area contributed by atoms with E-state index in [2.05, 4.69) is 20.6 Å². The molecule has 1 amide bonds. The monoisotopic (exact) mass is 394 g/mol. The molecule has 2 fully saturated rings. The van der Waals surface area contributed by atoms with E-state index in [1.54, 1.807) is 11.3 Å². The minimum Gasteiger partial charge on any atom is -0.480 e. The quantitative estimate of drug-likeness (QED) is 0.698. The van der Waals surface area contributed by atoms with Gasteiger partial charge in [-0.3, -0.25) is 19.4 Å². The van der Waals surface area contributed by atoms with Gasteiger partial charge in [0.2, 0.25) is 5.91 Å². The average molecular weight is 395 g/mol. The van der Waals surface area contributed by atoms with Gasteiger partial charge in [-0.2, -0.15) is 0 Å². The van der Waals surface area contributed by atoms with Crippen LogP contribution in [0.15, 0.2) is 5.38 Å². The molecule has 2 N–H and O–H groups in total. The Bertz CT molecular complexity index is 651. The van der Waals surface area contributed by atoms with E-state index in [9.17, 15) is 9.59 Å². The van der Waals surface area contributed by atoms with Crippen molar-refractivity contribution < 1.29 is 14.7 Å². The van der Waals surface area contributed by atoms with Crippen LogP contribution < -0.4 is 5.32 Å². The number of aromatic nitrogens is 1. The number of nitrogens with one attached hydrogen (secondary N) is 1. The molecule has 150 valence electrons. The van der Waals surface area contributed by atoms with Gasteiger partial charge in [0.25, 0.3) is 0 Å². The molecule has 1 saturated heterocycles. The standard InChI is InChI=1S/C19H30N4O3S/c1-3-23(11-18(24)25)17-8-15(9-17)21-19(26)14-4-6-22(7-5-14)10-16-12-27-13(2)20-16/h12,14-15,17H,3-11H2,1-2H3,(H,21,26)(H,24,25). The first-order valence-electron chi connectivity index (χ1n) is 9.84. The van der Waals surface area contributed by atoms with Gasteiger partial charge in [-0.05, 0) is 52.2 Å². The predicted molar refractivity (Wildman–Crippen MR) is 105 cm³/mol. The Morgan fingerprint density at radius 1 is 1.37 bits per heavy atom. The lowest BCUT2D eigenvalue weighted by molar-refractivity contribution is -0.140. The minimum absolute atomic E-state index is 0.0821. The van der Waals surface area contributed by atoms with Gasteiger partial charge in [0.1, 0.15) is 0 Å². The summed E-state index contributed by atoms with van der Waals surface area (Å²) in [6.45, 7) is 7.56. The van der Waals surface area contributed by atoms with Crippen LogP contribution in [0.1, 0.15) is 43.3 Å². The number of carboxylic acid groups (broad SMARTS) is 1. The minimum atomic E-state index is -0.788. The molecule has 2 heterocycles. The molecule has 0 bridgehead atoms. The zero-order valence-corrected chi connectivity index (χ0v) is 17.0. The van der Waals surface area contributed by atoms with Crippen LogP contribution >= 0.6 is 11.3 Å². The third-order valence-electron chi connectivity index (χ3n) is 5.73. The van der Waals surface area contributed by atoms with Crippen LogP contribution in [0.5, 0.6) is 0 Å². The Kier molecular flexibility index (Phi) is 6.83. The number of thiazole rings is 1. The van der Waals surface area contributed by atoms with Crippen LogP contribution in [-0.4, -0.2) is 70.0 Å². The van der Waals surface area contributed by atoms with Crippen molar-refractivity contribution in [3.63, 3.8) is 0 Å². The summed E-state index contributed by atoms with van der Waals surface area (Å²) in [5, 5.41) is 15.4. The first kappa shape index (κ1) is 20.2. The number of carbonyl (C=O) groups excluding carboxylic acids is 1. The number of carbonyl (C=O) groups is 2. The molecular formula is C19H30N4O3S. The van der Waals surface area contributed by atoms with Crippen LogP contribution in [0.2, 0.25) is 0 Å². The Morgan fingerprint density at radius 3 is 2.63 bits per heavy atom. The summed E-state index contributed by atoms with van der Waals surface area (Å²) in [6, 6.07) is 0.473. The molecule has 8 heteroatoms. The molecule has 0 atom stereocenters. The Hall–Kier alpha value is -1.51. The van der Waals surface area contributed by atoms with E-state index in [1.807, 2.05) is 18.7 Å². The molecular weight excluding hydrogens is 364 g/mol. The van der Waals surface area contributed by atoms with E-state index in [-0.39, 0.29) is 30.5 Å². The second-order valence-corrected chi connectivity index (χ2v) is 8.76. The maximum atomic E-state index is 12.5. The third-order valence-corrected chi connectivity index (χ3v) is 6.55. The van der Waals surface area contributed by atoms with Crippen LogP contribution in [0.3, 0.4) is 0 Å². The van der Waals surface area contributed by atoms with E-state index in [4.69, 9.17) is 5.11 Å². The first-order chi connectivity index (χ1) is 12.9. The number of rotatable bonds is 8. The number of aryl methyl sites for hydroxylation is 1. The molecule has 0 aromatic carbocycles. The fraction of sp³-hybridized carbons (Fsp3) is 0.737. The van der Waals surface area contributed by atoms with Crippen molar-refractivity contribution in [2.24, 2.45) is 5.92 Å². The summed E-state index contributed by atoms with van der Waals surface area (Å²) in [7, 11) is 0. The van der Waals surface area contributed by atoms with Crippen LogP contribution in [0.4, 0.5) is 0 Å². The number of nitrogens with zero attached hydrogens (tertiary/aromatic N) is 3. The second kappa shape index (κ2) is 9.12. The summed E-state index contributed by atoms with van der Waals surface area (Å²) >= 11 is 1.68. The molecule has 7 nitrogen and oxygen atoms in total. The summed E-state index contributed by atoms with van der Waals surface area (Å²) < 4.78 is 0. The molecule has 1 aliphatic heterocycles. The Labute approximate surface area is 164 Å². The van der Waals surface area contributed by atoms with Crippen LogP contribution in [-0.2, 0) is 16.1 Å². The van der Waals surface area contributed by atoms with E-state index in [1.165, 1.54) is 0 Å². The highest BCUT2D eigenvalue weighted by atomic mass is 32.1. The number of aliphatic carboxylic acids is 1. The number of hydrogen-bond acceptors (Lipinski definition) is 6. The third kappa shape index (κ3) is 5.49. The number of likely N-dealkylation sites (N-methyl/N-ethyl adjacent to an activating group) is 1. The molecule has 2 aliphatic rings. The van der Waals surface area contributed by atoms with Crippen molar-refractivity contribution in [2.75, 3.05) is 26.2 Å². The van der Waals surface area contributed by atoms with Crippen molar-refractivity contribution in [3.05, 3.63) is 16.1 Å². The van der Waals surface area contributed by atoms with E-state index in [0.29, 0.717) is 0 Å². The number of carboxylic acids is 1. The number of piperidine rings is 1. The molecule has 1 aromatic heterocycles. The van der Waals surface area contributed by atoms with Gasteiger partial charge in [0.05, 0.1) is 17.2 Å². The maximum Gasteiger partial charge on any atom is 0.317 e. The summed E-state index contributed by atoms with van der Waals surface area (Å²) in [5.74, 6) is -0.522. The van der Waals surface area contributed by atoms with Gasteiger partial charge in [-0.25, -0.2) is 4.98 Å². The molecule has 0 spiro atoms. The Morgan fingerprint density at radius 2 is 2.07 bits per heavy atom. The fourth-order valence-electron chi connectivity index (χ4n) is 4.06. The lowest BCUT2D eigenvalue weighted by Gasteiger charge is -2.43. The topological polar surface area (TPSA) is 85.8 Å². The fourth-order valence-corrected chi connectivity index (χ4v) is 4.66. The molecule has 0 unspecified atom stereocenters. The van der Waals surface area contributed by atoms with Gasteiger partial charge in [0, 0.05) is 29.9 Å². The number of amides is 1. The van der Waals surface area contributed by atoms with Crippen molar-refractivity contribution in [2.45, 2.75) is 58.2 Å². The number of likely N-dealkylation sites (tertiary alicyclic amines) is 1. The van der Waals surface area contributed by atoms with Gasteiger partial charge >= 0.3 is 5.97 Å². The van der Waals surface area contributed by atoms with Gasteiger partial charge in [0.15, 0.2) is 0 Å². The Balaban J connectivity index is 1.36. The lowest BCUT2D eigenvalue weighted by Crippen LogP contribution is -2.56. The molecule has 3 rings (SSSR count). The van der Waals surface area contributed by atoms with Crippen molar-refractivity contribution in [1.82, 2.24) is 20.1 Å². The smallest absolute Gasteiger partial charge is 0.317 e. The van der Waals surface area contributed by atoms with Crippen molar-refractivity contribution in [3.8, 4) is 0 Å². The van der Waals surface area contributed by atoms with Crippen LogP contribution in [0.25, 0.3) is 0 Å². The zero-order chi connectivity index (χ0) is 19.4. The van der Waals surface area contributed by atoms with E-state index in [0.717, 1.165) is 62.6 Å².